The fraction of sp³-hybridized carbons (Fsp3) is 0.208. The molecule has 3 rings (SSSR count). The molecule has 1 heterocycles. The molecule has 0 fully saturated rings. The predicted molar refractivity (Wildman–Crippen MR) is 122 cm³/mol. The molecule has 0 aliphatic rings. The molecular formula is C24H22ClN3O3. The van der Waals surface area contributed by atoms with E-state index >= 15 is 0 Å². The van der Waals surface area contributed by atoms with Crippen LogP contribution in [0, 0.1) is 25.2 Å². The van der Waals surface area contributed by atoms with Gasteiger partial charge in [-0.15, -0.1) is 0 Å². The first kappa shape index (κ1) is 22.1. The molecule has 1 aromatic heterocycles. The lowest BCUT2D eigenvalue weighted by atomic mass is 10.1. The van der Waals surface area contributed by atoms with Crippen LogP contribution in [0.1, 0.15) is 27.8 Å². The summed E-state index contributed by atoms with van der Waals surface area (Å²) in [5.41, 5.74) is 2.57. The van der Waals surface area contributed by atoms with Crippen molar-refractivity contribution in [3.63, 3.8) is 0 Å². The lowest BCUT2D eigenvalue weighted by Crippen LogP contribution is -2.26. The van der Waals surface area contributed by atoms with Crippen LogP contribution >= 0.6 is 11.6 Å². The van der Waals surface area contributed by atoms with Crippen molar-refractivity contribution in [2.45, 2.75) is 26.8 Å². The Balaban J connectivity index is 2.00. The predicted octanol–water partition coefficient (Wildman–Crippen LogP) is 4.70. The number of aryl methyl sites for hydroxylation is 1. The third-order valence-corrected chi connectivity index (χ3v) is 5.61. The lowest BCUT2D eigenvalue weighted by Gasteiger charge is -2.14. The standard InChI is InChI=1S/C24H22ClN3O3/c1-15-19(13-26)23(29)28(12-11-17-7-9-18(31-3)10-8-17)24(30)20(15)14-27-22-6-4-5-21(25)16(22)2/h4-10,14,30H,11-12H2,1-3H3. The molecule has 0 saturated carbocycles. The fourth-order valence-electron chi connectivity index (χ4n) is 3.24. The highest BCUT2D eigenvalue weighted by Crippen LogP contribution is 2.27. The molecule has 0 spiro atoms. The Morgan fingerprint density at radius 2 is 1.90 bits per heavy atom. The fourth-order valence-corrected chi connectivity index (χ4v) is 3.41. The van der Waals surface area contributed by atoms with Gasteiger partial charge in [-0.05, 0) is 61.2 Å². The van der Waals surface area contributed by atoms with E-state index in [-0.39, 0.29) is 18.0 Å². The SMILES string of the molecule is COc1ccc(CCn2c(O)c(C=Nc3cccc(Cl)c3C)c(C)c(C#N)c2=O)cc1. The zero-order valence-electron chi connectivity index (χ0n) is 17.5. The first-order chi connectivity index (χ1) is 14.9. The molecule has 6 nitrogen and oxygen atoms in total. The van der Waals surface area contributed by atoms with E-state index in [1.807, 2.05) is 37.3 Å². The molecule has 2 aromatic carbocycles. The summed E-state index contributed by atoms with van der Waals surface area (Å²) in [7, 11) is 1.59. The van der Waals surface area contributed by atoms with Gasteiger partial charge >= 0.3 is 0 Å². The van der Waals surface area contributed by atoms with Gasteiger partial charge in [-0.3, -0.25) is 14.4 Å². The number of nitriles is 1. The number of nitrogens with zero attached hydrogens (tertiary/aromatic N) is 3. The molecule has 31 heavy (non-hydrogen) atoms. The summed E-state index contributed by atoms with van der Waals surface area (Å²) in [4.78, 5) is 17.2. The highest BCUT2D eigenvalue weighted by atomic mass is 35.5. The quantitative estimate of drug-likeness (QED) is 0.568. The van der Waals surface area contributed by atoms with E-state index in [0.29, 0.717) is 28.3 Å². The summed E-state index contributed by atoms with van der Waals surface area (Å²) >= 11 is 6.15. The number of aromatic nitrogens is 1. The largest absolute Gasteiger partial charge is 0.497 e. The number of halogens is 1. The number of aromatic hydroxyl groups is 1. The van der Waals surface area contributed by atoms with E-state index in [2.05, 4.69) is 4.99 Å². The highest BCUT2D eigenvalue weighted by molar-refractivity contribution is 6.31. The molecule has 0 unspecified atom stereocenters. The van der Waals surface area contributed by atoms with Crippen LogP contribution in [0.2, 0.25) is 5.02 Å². The number of pyridine rings is 1. The van der Waals surface area contributed by atoms with Gasteiger partial charge in [0.25, 0.3) is 5.56 Å². The Kier molecular flexibility index (Phi) is 6.78. The smallest absolute Gasteiger partial charge is 0.271 e. The Bertz CT molecular complexity index is 1240. The third kappa shape index (κ3) is 4.62. The molecule has 3 aromatic rings. The van der Waals surface area contributed by atoms with Gasteiger partial charge in [0.15, 0.2) is 0 Å². The van der Waals surface area contributed by atoms with Crippen molar-refractivity contribution in [3.05, 3.63) is 85.7 Å². The van der Waals surface area contributed by atoms with Gasteiger partial charge < -0.3 is 9.84 Å². The number of hydrogen-bond donors (Lipinski definition) is 1. The second-order valence-corrected chi connectivity index (χ2v) is 7.45. The highest BCUT2D eigenvalue weighted by Gasteiger charge is 2.18. The average Bonchev–Trinajstić information content (AvgIpc) is 2.77. The van der Waals surface area contributed by atoms with Gasteiger partial charge in [-0.1, -0.05) is 29.8 Å². The van der Waals surface area contributed by atoms with E-state index in [1.54, 1.807) is 32.2 Å². The second kappa shape index (κ2) is 9.50. The zero-order valence-corrected chi connectivity index (χ0v) is 18.3. The maximum Gasteiger partial charge on any atom is 0.271 e. The molecule has 0 aliphatic carbocycles. The van der Waals surface area contributed by atoms with Gasteiger partial charge in [-0.25, -0.2) is 0 Å². The first-order valence-electron chi connectivity index (χ1n) is 9.66. The number of rotatable bonds is 6. The van der Waals surface area contributed by atoms with Crippen molar-refractivity contribution < 1.29 is 9.84 Å². The number of aliphatic imine (C=N–C) groups is 1. The molecule has 0 aliphatic heterocycles. The number of hydrogen-bond acceptors (Lipinski definition) is 5. The second-order valence-electron chi connectivity index (χ2n) is 7.05. The molecule has 0 bridgehead atoms. The normalized spacial score (nSPS) is 10.9. The number of benzene rings is 2. The molecular weight excluding hydrogens is 414 g/mol. The van der Waals surface area contributed by atoms with E-state index in [1.165, 1.54) is 10.8 Å². The molecule has 0 saturated heterocycles. The Hall–Kier alpha value is -3.56. The van der Waals surface area contributed by atoms with Crippen molar-refractivity contribution in [2.24, 2.45) is 4.99 Å². The summed E-state index contributed by atoms with van der Waals surface area (Å²) in [6.07, 6.45) is 1.96. The van der Waals surface area contributed by atoms with Crippen molar-refractivity contribution in [2.75, 3.05) is 7.11 Å². The van der Waals surface area contributed by atoms with Crippen LogP contribution in [0.25, 0.3) is 0 Å². The van der Waals surface area contributed by atoms with Gasteiger partial charge in [0.1, 0.15) is 17.4 Å². The van der Waals surface area contributed by atoms with Crippen LogP contribution in [0.4, 0.5) is 5.69 Å². The van der Waals surface area contributed by atoms with Crippen LogP contribution in [0.15, 0.2) is 52.3 Å². The summed E-state index contributed by atoms with van der Waals surface area (Å²) in [5, 5.41) is 21.0. The molecule has 0 radical (unpaired) electrons. The maximum absolute atomic E-state index is 12.8. The van der Waals surface area contributed by atoms with Crippen LogP contribution in [-0.2, 0) is 13.0 Å². The zero-order chi connectivity index (χ0) is 22.5. The van der Waals surface area contributed by atoms with Gasteiger partial charge in [0.2, 0.25) is 5.88 Å². The van der Waals surface area contributed by atoms with E-state index in [9.17, 15) is 15.2 Å². The topological polar surface area (TPSA) is 87.6 Å². The van der Waals surface area contributed by atoms with Crippen LogP contribution < -0.4 is 10.3 Å². The summed E-state index contributed by atoms with van der Waals surface area (Å²) in [6.45, 7) is 3.68. The van der Waals surface area contributed by atoms with E-state index < -0.39 is 5.56 Å². The molecule has 7 heteroatoms. The van der Waals surface area contributed by atoms with Crippen molar-refractivity contribution >= 4 is 23.5 Å². The van der Waals surface area contributed by atoms with Crippen LogP contribution in [-0.4, -0.2) is 23.0 Å². The number of ether oxygens (including phenoxy) is 1. The molecule has 1 N–H and O–H groups in total. The van der Waals surface area contributed by atoms with Crippen LogP contribution in [0.3, 0.4) is 0 Å². The van der Waals surface area contributed by atoms with E-state index in [4.69, 9.17) is 16.3 Å². The first-order valence-corrected chi connectivity index (χ1v) is 10.0. The van der Waals surface area contributed by atoms with Gasteiger partial charge in [0, 0.05) is 17.8 Å². The summed E-state index contributed by atoms with van der Waals surface area (Å²) in [6, 6.07) is 14.8. The molecule has 0 amide bonds. The maximum atomic E-state index is 12.8. The number of methoxy groups -OCH3 is 1. The Morgan fingerprint density at radius 1 is 1.19 bits per heavy atom. The molecule has 0 atom stereocenters. The van der Waals surface area contributed by atoms with E-state index in [0.717, 1.165) is 16.9 Å². The van der Waals surface area contributed by atoms with Gasteiger partial charge in [-0.2, -0.15) is 5.26 Å². The minimum absolute atomic E-state index is 0.0169. The van der Waals surface area contributed by atoms with Crippen LogP contribution in [0.5, 0.6) is 11.6 Å². The lowest BCUT2D eigenvalue weighted by molar-refractivity contribution is 0.404. The molecule has 158 valence electrons. The Labute approximate surface area is 185 Å². The summed E-state index contributed by atoms with van der Waals surface area (Å²) in [5.74, 6) is 0.513. The minimum atomic E-state index is -0.526. The average molecular weight is 436 g/mol. The Morgan fingerprint density at radius 3 is 2.55 bits per heavy atom. The van der Waals surface area contributed by atoms with Crippen molar-refractivity contribution in [1.29, 1.82) is 5.26 Å². The van der Waals surface area contributed by atoms with Gasteiger partial charge in [0.05, 0.1) is 18.4 Å². The third-order valence-electron chi connectivity index (χ3n) is 5.20. The van der Waals surface area contributed by atoms with Crippen molar-refractivity contribution in [3.8, 4) is 17.7 Å². The summed E-state index contributed by atoms with van der Waals surface area (Å²) < 4.78 is 6.36. The van der Waals surface area contributed by atoms with Crippen molar-refractivity contribution in [1.82, 2.24) is 4.57 Å². The minimum Gasteiger partial charge on any atom is -0.497 e. The monoisotopic (exact) mass is 435 g/mol.